The molecule has 1 aromatic heterocycles. The lowest BCUT2D eigenvalue weighted by Crippen LogP contribution is -2.16. The van der Waals surface area contributed by atoms with Crippen molar-refractivity contribution < 1.29 is 4.79 Å². The van der Waals surface area contributed by atoms with Crippen LogP contribution in [0.5, 0.6) is 0 Å². The third-order valence-electron chi connectivity index (χ3n) is 3.35. The molecule has 1 aromatic carbocycles. The van der Waals surface area contributed by atoms with E-state index in [0.29, 0.717) is 5.56 Å². The van der Waals surface area contributed by atoms with E-state index in [9.17, 15) is 4.79 Å². The van der Waals surface area contributed by atoms with Crippen molar-refractivity contribution in [1.29, 1.82) is 0 Å². The molecule has 2 rings (SSSR count). The van der Waals surface area contributed by atoms with Crippen LogP contribution in [0.15, 0.2) is 30.6 Å². The smallest absolute Gasteiger partial charge is 0.259 e. The van der Waals surface area contributed by atoms with E-state index in [-0.39, 0.29) is 5.91 Å². The number of hydrogen-bond acceptors (Lipinski definition) is 3. The second-order valence-electron chi connectivity index (χ2n) is 5.18. The summed E-state index contributed by atoms with van der Waals surface area (Å²) in [5, 5.41) is 6.18. The summed E-state index contributed by atoms with van der Waals surface area (Å²) < 4.78 is 0. The van der Waals surface area contributed by atoms with Gasteiger partial charge < -0.3 is 10.6 Å². The average molecular weight is 283 g/mol. The molecule has 4 heteroatoms. The van der Waals surface area contributed by atoms with Gasteiger partial charge in [-0.15, -0.1) is 0 Å². The zero-order chi connectivity index (χ0) is 15.4. The molecular weight excluding hydrogens is 262 g/mol. The first kappa shape index (κ1) is 15.0. The number of hydrogen-bond donors (Lipinski definition) is 2. The molecule has 2 N–H and O–H groups in total. The molecule has 0 saturated heterocycles. The summed E-state index contributed by atoms with van der Waals surface area (Å²) in [7, 11) is 0. The molecule has 0 aliphatic rings. The number of anilines is 2. The van der Waals surface area contributed by atoms with Gasteiger partial charge in [0.2, 0.25) is 0 Å². The summed E-state index contributed by atoms with van der Waals surface area (Å²) in [6.07, 6.45) is 3.27. The highest BCUT2D eigenvalue weighted by Crippen LogP contribution is 2.23. The molecule has 0 saturated carbocycles. The van der Waals surface area contributed by atoms with Gasteiger partial charge in [-0.3, -0.25) is 9.78 Å². The maximum absolute atomic E-state index is 12.5. The van der Waals surface area contributed by atoms with Gasteiger partial charge in [0.25, 0.3) is 5.91 Å². The predicted octanol–water partition coefficient (Wildman–Crippen LogP) is 3.69. The van der Waals surface area contributed by atoms with E-state index in [1.54, 1.807) is 12.4 Å². The minimum atomic E-state index is -0.144. The van der Waals surface area contributed by atoms with Crippen LogP contribution in [0.1, 0.15) is 34.0 Å². The molecular formula is C17H21N3O. The first-order valence-electron chi connectivity index (χ1n) is 7.10. The van der Waals surface area contributed by atoms with E-state index >= 15 is 0 Å². The molecule has 110 valence electrons. The number of nitrogens with one attached hydrogen (secondary N) is 2. The number of amides is 1. The van der Waals surface area contributed by atoms with Gasteiger partial charge in [0.1, 0.15) is 0 Å². The topological polar surface area (TPSA) is 54.0 Å². The van der Waals surface area contributed by atoms with Crippen LogP contribution in [0.25, 0.3) is 0 Å². The van der Waals surface area contributed by atoms with E-state index < -0.39 is 0 Å². The van der Waals surface area contributed by atoms with Crippen molar-refractivity contribution in [1.82, 2.24) is 4.98 Å². The predicted molar refractivity (Wildman–Crippen MR) is 87.0 cm³/mol. The van der Waals surface area contributed by atoms with Crippen molar-refractivity contribution in [3.05, 3.63) is 52.8 Å². The van der Waals surface area contributed by atoms with Crippen molar-refractivity contribution in [2.75, 3.05) is 17.2 Å². The largest absolute Gasteiger partial charge is 0.385 e. The van der Waals surface area contributed by atoms with Gasteiger partial charge >= 0.3 is 0 Å². The molecule has 0 bridgehead atoms. The highest BCUT2D eigenvalue weighted by atomic mass is 16.1. The highest BCUT2D eigenvalue weighted by molar-refractivity contribution is 6.08. The fraction of sp³-hybridized carbons (Fsp3) is 0.294. The number of pyridine rings is 1. The number of benzene rings is 1. The van der Waals surface area contributed by atoms with Gasteiger partial charge in [0.15, 0.2) is 0 Å². The maximum Gasteiger partial charge on any atom is 0.259 e. The third-order valence-corrected chi connectivity index (χ3v) is 3.35. The molecule has 0 fully saturated rings. The lowest BCUT2D eigenvalue weighted by atomic mass is 10.0. The van der Waals surface area contributed by atoms with Gasteiger partial charge in [-0.1, -0.05) is 17.7 Å². The summed E-state index contributed by atoms with van der Waals surface area (Å²) in [5.74, 6) is -0.144. The molecule has 0 spiro atoms. The summed E-state index contributed by atoms with van der Waals surface area (Å²) in [5.41, 5.74) is 5.55. The van der Waals surface area contributed by atoms with Crippen LogP contribution in [-0.4, -0.2) is 17.4 Å². The van der Waals surface area contributed by atoms with E-state index in [1.165, 1.54) is 5.56 Å². The Bertz CT molecular complexity index is 642. The second kappa shape index (κ2) is 6.39. The Balaban J connectivity index is 2.31. The molecule has 0 unspecified atom stereocenters. The number of rotatable bonds is 4. The van der Waals surface area contributed by atoms with Crippen LogP contribution in [0.4, 0.5) is 11.4 Å². The van der Waals surface area contributed by atoms with Crippen LogP contribution in [0.2, 0.25) is 0 Å². The van der Waals surface area contributed by atoms with Gasteiger partial charge in [0, 0.05) is 24.6 Å². The summed E-state index contributed by atoms with van der Waals surface area (Å²) >= 11 is 0. The van der Waals surface area contributed by atoms with Gasteiger partial charge in [-0.25, -0.2) is 0 Å². The Morgan fingerprint density at radius 1 is 1.19 bits per heavy atom. The van der Waals surface area contributed by atoms with Gasteiger partial charge in [0.05, 0.1) is 11.3 Å². The molecule has 2 aromatic rings. The number of carbonyl (C=O) groups is 1. The van der Waals surface area contributed by atoms with Gasteiger partial charge in [-0.2, -0.15) is 0 Å². The van der Waals surface area contributed by atoms with E-state index in [4.69, 9.17) is 0 Å². The zero-order valence-electron chi connectivity index (χ0n) is 12.9. The molecule has 0 radical (unpaired) electrons. The Labute approximate surface area is 125 Å². The van der Waals surface area contributed by atoms with E-state index in [1.807, 2.05) is 26.8 Å². The average Bonchev–Trinajstić information content (AvgIpc) is 2.43. The molecule has 4 nitrogen and oxygen atoms in total. The molecule has 0 atom stereocenters. The van der Waals surface area contributed by atoms with Crippen molar-refractivity contribution in [2.45, 2.75) is 27.7 Å². The van der Waals surface area contributed by atoms with Crippen molar-refractivity contribution >= 4 is 17.3 Å². The maximum atomic E-state index is 12.5. The van der Waals surface area contributed by atoms with Crippen molar-refractivity contribution in [2.24, 2.45) is 0 Å². The molecule has 0 aliphatic heterocycles. The minimum absolute atomic E-state index is 0.144. The standard InChI is InChI=1S/C17H21N3O/c1-5-19-15-6-7-18-10-14(15)17(21)20-16-12(3)8-11(2)9-13(16)4/h6-10H,5H2,1-4H3,(H,18,19)(H,20,21). The quantitative estimate of drug-likeness (QED) is 0.899. The normalized spacial score (nSPS) is 10.3. The van der Waals surface area contributed by atoms with E-state index in [2.05, 4.69) is 34.7 Å². The van der Waals surface area contributed by atoms with Gasteiger partial charge in [-0.05, 0) is 44.9 Å². The second-order valence-corrected chi connectivity index (χ2v) is 5.18. The number of nitrogens with zero attached hydrogens (tertiary/aromatic N) is 1. The van der Waals surface area contributed by atoms with Crippen molar-refractivity contribution in [3.8, 4) is 0 Å². The van der Waals surface area contributed by atoms with E-state index in [0.717, 1.165) is 29.0 Å². The molecule has 0 aliphatic carbocycles. The molecule has 1 amide bonds. The van der Waals surface area contributed by atoms with Crippen molar-refractivity contribution in [3.63, 3.8) is 0 Å². The number of carbonyl (C=O) groups excluding carboxylic acids is 1. The fourth-order valence-electron chi connectivity index (χ4n) is 2.48. The Kier molecular flexibility index (Phi) is 4.58. The highest BCUT2D eigenvalue weighted by Gasteiger charge is 2.14. The zero-order valence-corrected chi connectivity index (χ0v) is 12.9. The third kappa shape index (κ3) is 3.40. The van der Waals surface area contributed by atoms with Crippen LogP contribution in [-0.2, 0) is 0 Å². The number of aromatic nitrogens is 1. The Hall–Kier alpha value is -2.36. The monoisotopic (exact) mass is 283 g/mol. The lowest BCUT2D eigenvalue weighted by Gasteiger charge is -2.14. The first-order chi connectivity index (χ1) is 10.0. The number of aryl methyl sites for hydroxylation is 3. The molecule has 21 heavy (non-hydrogen) atoms. The van der Waals surface area contributed by atoms with Crippen LogP contribution < -0.4 is 10.6 Å². The SMILES string of the molecule is CCNc1ccncc1C(=O)Nc1c(C)cc(C)cc1C. The summed E-state index contributed by atoms with van der Waals surface area (Å²) in [4.78, 5) is 16.6. The van der Waals surface area contributed by atoms with Crippen LogP contribution >= 0.6 is 0 Å². The Morgan fingerprint density at radius 2 is 1.86 bits per heavy atom. The summed E-state index contributed by atoms with van der Waals surface area (Å²) in [6.45, 7) is 8.81. The summed E-state index contributed by atoms with van der Waals surface area (Å²) in [6, 6.07) is 5.95. The first-order valence-corrected chi connectivity index (χ1v) is 7.10. The minimum Gasteiger partial charge on any atom is -0.385 e. The Morgan fingerprint density at radius 3 is 2.48 bits per heavy atom. The fourth-order valence-corrected chi connectivity index (χ4v) is 2.48. The van der Waals surface area contributed by atoms with Crippen LogP contribution in [0.3, 0.4) is 0 Å². The lowest BCUT2D eigenvalue weighted by molar-refractivity contribution is 0.102. The molecule has 1 heterocycles. The van der Waals surface area contributed by atoms with Crippen LogP contribution in [0, 0.1) is 20.8 Å².